The lowest BCUT2D eigenvalue weighted by atomic mass is 9.91. The molecule has 0 amide bonds. The number of aromatic nitrogens is 1. The molecule has 0 saturated heterocycles. The van der Waals surface area contributed by atoms with E-state index in [2.05, 4.69) is 11.1 Å². The minimum Gasteiger partial charge on any atom is -0.297 e. The van der Waals surface area contributed by atoms with Crippen molar-refractivity contribution in [2.45, 2.75) is 38.0 Å². The Hall–Kier alpha value is -1.64. The zero-order chi connectivity index (χ0) is 17.5. The van der Waals surface area contributed by atoms with Crippen LogP contribution < -0.4 is 0 Å². The van der Waals surface area contributed by atoms with Crippen LogP contribution in [0.3, 0.4) is 0 Å². The Morgan fingerprint density at radius 3 is 2.76 bits per heavy atom. The molecule has 25 heavy (non-hydrogen) atoms. The van der Waals surface area contributed by atoms with Gasteiger partial charge in [-0.25, -0.2) is 4.98 Å². The second kappa shape index (κ2) is 9.17. The minimum absolute atomic E-state index is 0.0164. The second-order valence-corrected chi connectivity index (χ2v) is 8.40. The first kappa shape index (κ1) is 18.2. The molecule has 1 aliphatic carbocycles. The number of rotatable bonds is 7. The summed E-state index contributed by atoms with van der Waals surface area (Å²) in [5, 5.41) is 12.0. The summed E-state index contributed by atoms with van der Waals surface area (Å²) in [6, 6.07) is 12.0. The maximum Gasteiger partial charge on any atom is 0.166 e. The molecule has 0 spiro atoms. The molecule has 1 fully saturated rings. The molecule has 1 aromatic carbocycles. The van der Waals surface area contributed by atoms with Crippen LogP contribution in [-0.2, 0) is 4.79 Å². The number of ketones is 1. The van der Waals surface area contributed by atoms with E-state index in [4.69, 9.17) is 0 Å². The van der Waals surface area contributed by atoms with Crippen LogP contribution in [0.4, 0.5) is 0 Å². The summed E-state index contributed by atoms with van der Waals surface area (Å²) >= 11 is 3.09. The molecule has 1 saturated carbocycles. The van der Waals surface area contributed by atoms with Crippen LogP contribution in [0.1, 0.15) is 43.0 Å². The van der Waals surface area contributed by atoms with Gasteiger partial charge in [0.1, 0.15) is 5.01 Å². The molecule has 1 heterocycles. The second-order valence-electron chi connectivity index (χ2n) is 6.48. The Morgan fingerprint density at radius 2 is 2.04 bits per heavy atom. The van der Waals surface area contributed by atoms with E-state index in [1.807, 2.05) is 35.7 Å². The van der Waals surface area contributed by atoms with Crippen LogP contribution in [0.2, 0.25) is 0 Å². The van der Waals surface area contributed by atoms with Crippen molar-refractivity contribution in [1.82, 2.24) is 4.98 Å². The highest BCUT2D eigenvalue weighted by Gasteiger charge is 2.24. The van der Waals surface area contributed by atoms with E-state index in [1.54, 1.807) is 11.8 Å². The fraction of sp³-hybridized carbons (Fsp3) is 0.450. The largest absolute Gasteiger partial charge is 0.297 e. The molecular weight excluding hydrogens is 348 g/mol. The van der Waals surface area contributed by atoms with Gasteiger partial charge in [-0.2, -0.15) is 17.0 Å². The molecule has 1 aliphatic rings. The molecule has 1 aromatic heterocycles. The first-order valence-electron chi connectivity index (χ1n) is 8.79. The van der Waals surface area contributed by atoms with Crippen LogP contribution in [0.5, 0.6) is 0 Å². The highest BCUT2D eigenvalue weighted by Crippen LogP contribution is 2.29. The maximum absolute atomic E-state index is 12.5. The summed E-state index contributed by atoms with van der Waals surface area (Å²) in [4.78, 5) is 17.0. The van der Waals surface area contributed by atoms with E-state index >= 15 is 0 Å². The number of carbonyl (C=O) groups is 1. The van der Waals surface area contributed by atoms with Gasteiger partial charge < -0.3 is 0 Å². The first-order chi connectivity index (χ1) is 12.3. The minimum atomic E-state index is -0.735. The average Bonchev–Trinajstić information content (AvgIpc) is 3.14. The Labute approximate surface area is 157 Å². The fourth-order valence-corrected chi connectivity index (χ4v) is 5.23. The summed E-state index contributed by atoms with van der Waals surface area (Å²) in [7, 11) is 0. The molecule has 0 bridgehead atoms. The van der Waals surface area contributed by atoms with Gasteiger partial charge in [0, 0.05) is 10.9 Å². The predicted octanol–water partition coefficient (Wildman–Crippen LogP) is 5.30. The van der Waals surface area contributed by atoms with Crippen molar-refractivity contribution < 1.29 is 4.79 Å². The molecule has 0 aliphatic heterocycles. The lowest BCUT2D eigenvalue weighted by Gasteiger charge is -2.20. The SMILES string of the molecule is N#CC(C(=O)CSCC1CCCCC1)c1nc(-c2ccccc2)cs1. The van der Waals surface area contributed by atoms with Gasteiger partial charge in [0.05, 0.1) is 17.5 Å². The maximum atomic E-state index is 12.5. The lowest BCUT2D eigenvalue weighted by Crippen LogP contribution is -2.15. The quantitative estimate of drug-likeness (QED) is 0.663. The number of Topliss-reactive ketones (excluding diaryl/α,β-unsaturated/α-hetero) is 1. The van der Waals surface area contributed by atoms with Gasteiger partial charge in [-0.1, -0.05) is 49.6 Å². The summed E-state index contributed by atoms with van der Waals surface area (Å²) in [5.74, 6) is 1.45. The smallest absolute Gasteiger partial charge is 0.166 e. The van der Waals surface area contributed by atoms with Crippen molar-refractivity contribution >= 4 is 28.9 Å². The van der Waals surface area contributed by atoms with E-state index in [1.165, 1.54) is 43.4 Å². The zero-order valence-corrected chi connectivity index (χ0v) is 15.8. The third-order valence-corrected chi connectivity index (χ3v) is 6.72. The summed E-state index contributed by atoms with van der Waals surface area (Å²) < 4.78 is 0. The van der Waals surface area contributed by atoms with Crippen molar-refractivity contribution in [1.29, 1.82) is 5.26 Å². The van der Waals surface area contributed by atoms with Crippen molar-refractivity contribution in [3.8, 4) is 17.3 Å². The van der Waals surface area contributed by atoms with Gasteiger partial charge >= 0.3 is 0 Å². The van der Waals surface area contributed by atoms with Gasteiger partial charge in [-0.15, -0.1) is 11.3 Å². The third kappa shape index (κ3) is 4.93. The number of benzene rings is 1. The molecule has 0 N–H and O–H groups in total. The Balaban J connectivity index is 1.57. The van der Waals surface area contributed by atoms with E-state index in [9.17, 15) is 10.1 Å². The van der Waals surface area contributed by atoms with E-state index in [0.29, 0.717) is 10.8 Å². The number of hydrogen-bond donors (Lipinski definition) is 0. The number of thioether (sulfide) groups is 1. The fourth-order valence-electron chi connectivity index (χ4n) is 3.19. The molecule has 3 nitrogen and oxygen atoms in total. The van der Waals surface area contributed by atoms with Gasteiger partial charge in [-0.05, 0) is 24.5 Å². The van der Waals surface area contributed by atoms with Gasteiger partial charge in [-0.3, -0.25) is 4.79 Å². The van der Waals surface area contributed by atoms with E-state index in [-0.39, 0.29) is 5.78 Å². The topological polar surface area (TPSA) is 53.8 Å². The van der Waals surface area contributed by atoms with Crippen LogP contribution in [0, 0.1) is 17.2 Å². The highest BCUT2D eigenvalue weighted by atomic mass is 32.2. The zero-order valence-electron chi connectivity index (χ0n) is 14.2. The normalized spacial score (nSPS) is 16.3. The van der Waals surface area contributed by atoms with Gasteiger partial charge in [0.2, 0.25) is 0 Å². The molecule has 2 aromatic rings. The molecular formula is C20H22N2OS2. The summed E-state index contributed by atoms with van der Waals surface area (Å²) in [6.07, 6.45) is 6.57. The predicted molar refractivity (Wildman–Crippen MR) is 105 cm³/mol. The Kier molecular flexibility index (Phi) is 6.66. The molecule has 5 heteroatoms. The number of carbonyl (C=O) groups excluding carboxylic acids is 1. The molecule has 1 atom stereocenters. The van der Waals surface area contributed by atoms with Crippen LogP contribution in [0.15, 0.2) is 35.7 Å². The van der Waals surface area contributed by atoms with Crippen molar-refractivity contribution in [3.05, 3.63) is 40.7 Å². The van der Waals surface area contributed by atoms with Gasteiger partial charge in [0.25, 0.3) is 0 Å². The van der Waals surface area contributed by atoms with Crippen LogP contribution in [-0.4, -0.2) is 22.3 Å². The van der Waals surface area contributed by atoms with Crippen LogP contribution >= 0.6 is 23.1 Å². The van der Waals surface area contributed by atoms with Crippen molar-refractivity contribution in [3.63, 3.8) is 0 Å². The van der Waals surface area contributed by atoms with Crippen molar-refractivity contribution in [2.24, 2.45) is 5.92 Å². The highest BCUT2D eigenvalue weighted by molar-refractivity contribution is 7.99. The standard InChI is InChI=1S/C20H22N2OS2/c21-11-17(19(23)14-24-12-15-7-3-1-4-8-15)20-22-18(13-25-20)16-9-5-2-6-10-16/h2,5-6,9-10,13,15,17H,1,3-4,7-8,12,14H2. The number of nitriles is 1. The van der Waals surface area contributed by atoms with E-state index in [0.717, 1.165) is 22.9 Å². The average molecular weight is 371 g/mol. The van der Waals surface area contributed by atoms with Crippen LogP contribution in [0.25, 0.3) is 11.3 Å². The summed E-state index contributed by atoms with van der Waals surface area (Å²) in [6.45, 7) is 0. The monoisotopic (exact) mass is 370 g/mol. The first-order valence-corrected chi connectivity index (χ1v) is 10.8. The Bertz CT molecular complexity index is 730. The van der Waals surface area contributed by atoms with Crippen molar-refractivity contribution in [2.75, 3.05) is 11.5 Å². The number of thiazole rings is 1. The number of hydrogen-bond acceptors (Lipinski definition) is 5. The Morgan fingerprint density at radius 1 is 1.28 bits per heavy atom. The molecule has 0 radical (unpaired) electrons. The van der Waals surface area contributed by atoms with Gasteiger partial charge in [0.15, 0.2) is 11.7 Å². The molecule has 130 valence electrons. The third-order valence-electron chi connectivity index (χ3n) is 4.61. The molecule has 3 rings (SSSR count). The summed E-state index contributed by atoms with van der Waals surface area (Å²) in [5.41, 5.74) is 1.85. The number of nitrogens with zero attached hydrogens (tertiary/aromatic N) is 2. The lowest BCUT2D eigenvalue weighted by molar-refractivity contribution is -0.116. The molecule has 1 unspecified atom stereocenters. The van der Waals surface area contributed by atoms with E-state index < -0.39 is 5.92 Å².